The summed E-state index contributed by atoms with van der Waals surface area (Å²) >= 11 is 1.51. The lowest BCUT2D eigenvalue weighted by atomic mass is 9.93. The number of allylic oxidation sites excluding steroid dienone is 1. The molecule has 3 heterocycles. The van der Waals surface area contributed by atoms with E-state index in [1.807, 2.05) is 42.7 Å². The number of amides is 3. The van der Waals surface area contributed by atoms with Crippen molar-refractivity contribution in [3.8, 4) is 22.2 Å². The van der Waals surface area contributed by atoms with E-state index in [1.165, 1.54) is 11.3 Å². The van der Waals surface area contributed by atoms with Crippen LogP contribution in [-0.2, 0) is 24.4 Å². The number of aromatic nitrogens is 2. The molecule has 2 N–H and O–H groups in total. The Bertz CT molecular complexity index is 2090. The third kappa shape index (κ3) is 7.04. The van der Waals surface area contributed by atoms with E-state index in [-0.39, 0.29) is 30.6 Å². The van der Waals surface area contributed by atoms with Crippen LogP contribution < -0.4 is 19.5 Å². The molecule has 1 aromatic carbocycles. The standard InChI is InChI=1S/C39H49N5O7S2/c1-22(2)30-21-52-35(41-30)29-19-32(26-12-13-31(50-6)23(3)33(26)40-29)51-25-17-27-28(18-25)36(46)44(5)16-10-8-7-9-11-24-20-39(24,42-34(27)45)37(47)43-53(48,49)38(4)14-15-38/h9,11-13,19,21-22,24-25,27-28H,7-8,10,14-18,20H2,1-6H3,(H,42,45)(H,43,47)/b11-9+. The normalized spacial score (nSPS) is 27.7. The number of benzene rings is 1. The molecule has 0 bridgehead atoms. The predicted molar refractivity (Wildman–Crippen MR) is 203 cm³/mol. The smallest absolute Gasteiger partial charge is 0.259 e. The molecule has 4 aliphatic rings. The molecule has 0 radical (unpaired) electrons. The van der Waals surface area contributed by atoms with Crippen LogP contribution in [0.25, 0.3) is 21.6 Å². The van der Waals surface area contributed by atoms with Gasteiger partial charge in [0.05, 0.1) is 34.9 Å². The summed E-state index contributed by atoms with van der Waals surface area (Å²) in [6, 6.07) is 5.66. The monoisotopic (exact) mass is 763 g/mol. The topological polar surface area (TPSA) is 157 Å². The second-order valence-corrected chi connectivity index (χ2v) is 18.8. The van der Waals surface area contributed by atoms with Gasteiger partial charge in [-0.3, -0.25) is 19.1 Å². The predicted octanol–water partition coefficient (Wildman–Crippen LogP) is 5.64. The van der Waals surface area contributed by atoms with Crippen molar-refractivity contribution in [2.45, 2.75) is 101 Å². The molecular weight excluding hydrogens is 715 g/mol. The van der Waals surface area contributed by atoms with E-state index in [1.54, 1.807) is 26.0 Å². The zero-order valence-corrected chi connectivity index (χ0v) is 32.9. The minimum absolute atomic E-state index is 0.149. The molecule has 53 heavy (non-hydrogen) atoms. The average molecular weight is 764 g/mol. The summed E-state index contributed by atoms with van der Waals surface area (Å²) in [4.78, 5) is 53.7. The first-order chi connectivity index (χ1) is 25.2. The van der Waals surface area contributed by atoms with E-state index in [2.05, 4.69) is 23.9 Å². The maximum Gasteiger partial charge on any atom is 0.259 e. The average Bonchev–Trinajstić information content (AvgIpc) is 3.89. The van der Waals surface area contributed by atoms with Gasteiger partial charge >= 0.3 is 0 Å². The molecule has 1 aliphatic heterocycles. The highest BCUT2D eigenvalue weighted by Crippen LogP contribution is 2.48. The SMILES string of the molecule is COc1ccc2c(OC3CC4C(=O)NC5(C(=O)NS(=O)(=O)C6(C)CC6)CC5/C=C/CCCCN(C)C(=O)C4C3)cc(-c3nc(C(C)C)cs3)nc2c1C. The molecule has 2 aromatic heterocycles. The number of fused-ring (bicyclic) bond motifs is 3. The molecule has 14 heteroatoms. The number of carbonyl (C=O) groups is 3. The molecule has 0 saturated heterocycles. The number of thiazole rings is 1. The quantitative estimate of drug-likeness (QED) is 0.277. The summed E-state index contributed by atoms with van der Waals surface area (Å²) in [7, 11) is -0.544. The van der Waals surface area contributed by atoms with E-state index >= 15 is 0 Å². The maximum absolute atomic E-state index is 14.3. The molecule has 7 rings (SSSR count). The van der Waals surface area contributed by atoms with Gasteiger partial charge < -0.3 is 19.7 Å². The van der Waals surface area contributed by atoms with Crippen LogP contribution in [0.4, 0.5) is 0 Å². The zero-order chi connectivity index (χ0) is 37.9. The van der Waals surface area contributed by atoms with Crippen LogP contribution in [0.5, 0.6) is 11.5 Å². The van der Waals surface area contributed by atoms with Gasteiger partial charge in [0.2, 0.25) is 21.8 Å². The lowest BCUT2D eigenvalue weighted by Gasteiger charge is -2.27. The number of nitrogens with one attached hydrogen (secondary N) is 2. The molecule has 0 spiro atoms. The van der Waals surface area contributed by atoms with Crippen molar-refractivity contribution in [3.63, 3.8) is 0 Å². The van der Waals surface area contributed by atoms with Crippen molar-refractivity contribution < 1.29 is 32.3 Å². The summed E-state index contributed by atoms with van der Waals surface area (Å²) in [5, 5.41) is 6.54. The van der Waals surface area contributed by atoms with Gasteiger partial charge in [0.15, 0.2) is 0 Å². The largest absolute Gasteiger partial charge is 0.496 e. The van der Waals surface area contributed by atoms with Crippen molar-refractivity contribution in [2.75, 3.05) is 20.7 Å². The molecular formula is C39H49N5O7S2. The summed E-state index contributed by atoms with van der Waals surface area (Å²) in [6.07, 6.45) is 7.52. The van der Waals surface area contributed by atoms with Gasteiger partial charge in [-0.2, -0.15) is 0 Å². The van der Waals surface area contributed by atoms with Crippen molar-refractivity contribution in [3.05, 3.63) is 47.0 Å². The fourth-order valence-electron chi connectivity index (χ4n) is 7.65. The number of methoxy groups -OCH3 is 1. The summed E-state index contributed by atoms with van der Waals surface area (Å²) < 4.78 is 39.9. The molecule has 3 fully saturated rings. The van der Waals surface area contributed by atoms with Gasteiger partial charge in [0, 0.05) is 41.9 Å². The second-order valence-electron chi connectivity index (χ2n) is 15.8. The molecule has 5 unspecified atom stereocenters. The molecule has 284 valence electrons. The number of hydrogen-bond donors (Lipinski definition) is 2. The van der Waals surface area contributed by atoms with Crippen LogP contribution in [0.1, 0.15) is 89.3 Å². The molecule has 3 saturated carbocycles. The van der Waals surface area contributed by atoms with Gasteiger partial charge in [-0.05, 0) is 83.3 Å². The van der Waals surface area contributed by atoms with E-state index < -0.39 is 50.1 Å². The Kier molecular flexibility index (Phi) is 9.84. The van der Waals surface area contributed by atoms with Crippen molar-refractivity contribution in [1.29, 1.82) is 0 Å². The van der Waals surface area contributed by atoms with Crippen LogP contribution >= 0.6 is 11.3 Å². The minimum atomic E-state index is -3.93. The van der Waals surface area contributed by atoms with E-state index in [4.69, 9.17) is 19.4 Å². The molecule has 3 aliphatic carbocycles. The maximum atomic E-state index is 14.3. The number of sulfonamides is 1. The summed E-state index contributed by atoms with van der Waals surface area (Å²) in [5.74, 6) is -1.67. The summed E-state index contributed by atoms with van der Waals surface area (Å²) in [6.45, 7) is 8.31. The molecule has 3 amide bonds. The van der Waals surface area contributed by atoms with E-state index in [0.717, 1.165) is 40.9 Å². The van der Waals surface area contributed by atoms with Crippen molar-refractivity contribution in [1.82, 2.24) is 24.9 Å². The van der Waals surface area contributed by atoms with Crippen LogP contribution in [-0.4, -0.2) is 78.1 Å². The fraction of sp³-hybridized carbons (Fsp3) is 0.564. The first-order valence-electron chi connectivity index (χ1n) is 18.6. The number of ether oxygens (including phenoxy) is 2. The molecule has 5 atom stereocenters. The Morgan fingerprint density at radius 2 is 1.87 bits per heavy atom. The van der Waals surface area contributed by atoms with Crippen LogP contribution in [0, 0.1) is 24.7 Å². The van der Waals surface area contributed by atoms with Gasteiger partial charge in [0.25, 0.3) is 5.91 Å². The Morgan fingerprint density at radius 3 is 2.57 bits per heavy atom. The Hall–Kier alpha value is -4.04. The molecule has 3 aromatic rings. The highest BCUT2D eigenvalue weighted by atomic mass is 32.2. The van der Waals surface area contributed by atoms with Crippen LogP contribution in [0.3, 0.4) is 0 Å². The Labute approximate surface area is 315 Å². The summed E-state index contributed by atoms with van der Waals surface area (Å²) in [5.41, 5.74) is 1.77. The highest BCUT2D eigenvalue weighted by molar-refractivity contribution is 7.91. The lowest BCUT2D eigenvalue weighted by Crippen LogP contribution is -2.55. The number of hydrogen-bond acceptors (Lipinski definition) is 10. The van der Waals surface area contributed by atoms with E-state index in [0.29, 0.717) is 48.5 Å². The van der Waals surface area contributed by atoms with Crippen molar-refractivity contribution in [2.24, 2.45) is 17.8 Å². The van der Waals surface area contributed by atoms with Gasteiger partial charge in [-0.1, -0.05) is 26.0 Å². The zero-order valence-electron chi connectivity index (χ0n) is 31.2. The minimum Gasteiger partial charge on any atom is -0.496 e. The lowest BCUT2D eigenvalue weighted by molar-refractivity contribution is -0.140. The van der Waals surface area contributed by atoms with Gasteiger partial charge in [-0.15, -0.1) is 11.3 Å². The Morgan fingerprint density at radius 1 is 1.11 bits per heavy atom. The number of pyridine rings is 1. The first kappa shape index (κ1) is 37.3. The second kappa shape index (κ2) is 14.0. The van der Waals surface area contributed by atoms with E-state index in [9.17, 15) is 22.8 Å². The van der Waals surface area contributed by atoms with Crippen LogP contribution in [0.15, 0.2) is 35.7 Å². The van der Waals surface area contributed by atoms with Crippen molar-refractivity contribution >= 4 is 50.0 Å². The van der Waals surface area contributed by atoms with Crippen LogP contribution in [0.2, 0.25) is 0 Å². The third-order valence-electron chi connectivity index (χ3n) is 11.6. The van der Waals surface area contributed by atoms with Gasteiger partial charge in [-0.25, -0.2) is 18.4 Å². The number of carbonyl (C=O) groups excluding carboxylic acids is 3. The highest BCUT2D eigenvalue weighted by Gasteiger charge is 2.63. The number of nitrogens with zero attached hydrogens (tertiary/aromatic N) is 3. The third-order valence-corrected chi connectivity index (χ3v) is 14.7. The van der Waals surface area contributed by atoms with Gasteiger partial charge in [0.1, 0.15) is 33.8 Å². The Balaban J connectivity index is 1.21. The first-order valence-corrected chi connectivity index (χ1v) is 20.9. The fourth-order valence-corrected chi connectivity index (χ4v) is 9.90. The number of rotatable bonds is 8. The molecule has 12 nitrogen and oxygen atoms in total. The number of aryl methyl sites for hydroxylation is 1.